The van der Waals surface area contributed by atoms with Crippen LogP contribution in [0.15, 0.2) is 0 Å². The fourth-order valence-electron chi connectivity index (χ4n) is 2.50. The van der Waals surface area contributed by atoms with Crippen molar-refractivity contribution in [3.63, 3.8) is 0 Å². The van der Waals surface area contributed by atoms with Gasteiger partial charge >= 0.3 is 0 Å². The summed E-state index contributed by atoms with van der Waals surface area (Å²) >= 11 is 0. The van der Waals surface area contributed by atoms with Gasteiger partial charge < -0.3 is 4.74 Å². The van der Waals surface area contributed by atoms with Gasteiger partial charge in [0, 0.05) is 5.92 Å². The Morgan fingerprint density at radius 1 is 1.29 bits per heavy atom. The Kier molecular flexibility index (Phi) is 3.57. The first kappa shape index (κ1) is 11.5. The van der Waals surface area contributed by atoms with E-state index in [9.17, 15) is 4.79 Å². The molecule has 2 heteroatoms. The third kappa shape index (κ3) is 2.73. The Bertz CT molecular complexity index is 193. The second-order valence-electron chi connectivity index (χ2n) is 5.66. The standard InChI is InChI=1S/C12H22O2/c1-9-5-6-11(14-8-13)10(7-9)12(2,3)4/h8-11H,5-7H2,1-4H3. The van der Waals surface area contributed by atoms with Crippen LogP contribution in [-0.4, -0.2) is 12.6 Å². The average molecular weight is 198 g/mol. The molecule has 0 aliphatic heterocycles. The van der Waals surface area contributed by atoms with Gasteiger partial charge in [-0.15, -0.1) is 0 Å². The molecule has 1 fully saturated rings. The molecule has 14 heavy (non-hydrogen) atoms. The highest BCUT2D eigenvalue weighted by molar-refractivity contribution is 5.37. The van der Waals surface area contributed by atoms with E-state index in [1.54, 1.807) is 0 Å². The Balaban J connectivity index is 2.68. The third-order valence-corrected chi connectivity index (χ3v) is 3.39. The predicted molar refractivity (Wildman–Crippen MR) is 56.9 cm³/mol. The quantitative estimate of drug-likeness (QED) is 0.637. The van der Waals surface area contributed by atoms with Gasteiger partial charge in [0.25, 0.3) is 6.47 Å². The first-order valence-electron chi connectivity index (χ1n) is 5.54. The molecule has 3 unspecified atom stereocenters. The second kappa shape index (κ2) is 4.33. The molecule has 0 aromatic heterocycles. The number of ether oxygens (including phenoxy) is 1. The lowest BCUT2D eigenvalue weighted by Gasteiger charge is -2.41. The van der Waals surface area contributed by atoms with Crippen molar-refractivity contribution in [2.24, 2.45) is 17.3 Å². The molecular formula is C12H22O2. The van der Waals surface area contributed by atoms with E-state index in [1.807, 2.05) is 0 Å². The average Bonchev–Trinajstić information content (AvgIpc) is 2.07. The monoisotopic (exact) mass is 198 g/mol. The van der Waals surface area contributed by atoms with Gasteiger partial charge in [-0.1, -0.05) is 27.7 Å². The molecule has 2 nitrogen and oxygen atoms in total. The predicted octanol–water partition coefficient (Wildman–Crippen LogP) is 3.01. The van der Waals surface area contributed by atoms with E-state index in [2.05, 4.69) is 27.7 Å². The summed E-state index contributed by atoms with van der Waals surface area (Å²) in [5.74, 6) is 1.28. The second-order valence-corrected chi connectivity index (χ2v) is 5.66. The minimum Gasteiger partial charge on any atom is -0.464 e. The van der Waals surface area contributed by atoms with Crippen LogP contribution in [0.4, 0.5) is 0 Å². The molecule has 0 amide bonds. The Morgan fingerprint density at radius 3 is 2.43 bits per heavy atom. The molecule has 1 aliphatic carbocycles. The van der Waals surface area contributed by atoms with Crippen molar-refractivity contribution in [1.29, 1.82) is 0 Å². The SMILES string of the molecule is CC1CCC(OC=O)C(C(C)(C)C)C1. The molecule has 1 aliphatic rings. The summed E-state index contributed by atoms with van der Waals surface area (Å²) in [5, 5.41) is 0. The molecule has 0 N–H and O–H groups in total. The minimum absolute atomic E-state index is 0.142. The van der Waals surface area contributed by atoms with Gasteiger partial charge in [-0.3, -0.25) is 4.79 Å². The van der Waals surface area contributed by atoms with E-state index < -0.39 is 0 Å². The maximum absolute atomic E-state index is 10.4. The van der Waals surface area contributed by atoms with Gasteiger partial charge in [0.1, 0.15) is 6.10 Å². The molecule has 1 saturated carbocycles. The normalized spacial score (nSPS) is 33.9. The Hall–Kier alpha value is -0.530. The van der Waals surface area contributed by atoms with Crippen LogP contribution in [0, 0.1) is 17.3 Å². The number of rotatable bonds is 2. The van der Waals surface area contributed by atoms with Crippen LogP contribution in [0.2, 0.25) is 0 Å². The Morgan fingerprint density at radius 2 is 1.93 bits per heavy atom. The van der Waals surface area contributed by atoms with Crippen LogP contribution in [0.25, 0.3) is 0 Å². The van der Waals surface area contributed by atoms with E-state index >= 15 is 0 Å². The lowest BCUT2D eigenvalue weighted by molar-refractivity contribution is -0.141. The molecule has 0 aromatic rings. The maximum Gasteiger partial charge on any atom is 0.293 e. The summed E-state index contributed by atoms with van der Waals surface area (Å²) in [4.78, 5) is 10.4. The largest absolute Gasteiger partial charge is 0.464 e. The molecule has 82 valence electrons. The van der Waals surface area contributed by atoms with Crippen molar-refractivity contribution in [2.45, 2.75) is 53.1 Å². The maximum atomic E-state index is 10.4. The third-order valence-electron chi connectivity index (χ3n) is 3.39. The zero-order valence-electron chi connectivity index (χ0n) is 9.75. The molecule has 0 heterocycles. The highest BCUT2D eigenvalue weighted by Crippen LogP contribution is 2.41. The van der Waals surface area contributed by atoms with Gasteiger partial charge in [0.2, 0.25) is 0 Å². The highest BCUT2D eigenvalue weighted by atomic mass is 16.5. The number of carbonyl (C=O) groups is 1. The van der Waals surface area contributed by atoms with E-state index in [4.69, 9.17) is 4.74 Å². The molecular weight excluding hydrogens is 176 g/mol. The Labute approximate surface area is 87.0 Å². The van der Waals surface area contributed by atoms with E-state index in [1.165, 1.54) is 12.8 Å². The van der Waals surface area contributed by atoms with Gasteiger partial charge in [-0.25, -0.2) is 0 Å². The van der Waals surface area contributed by atoms with E-state index in [0.717, 1.165) is 12.3 Å². The first-order valence-corrected chi connectivity index (χ1v) is 5.54. The molecule has 0 aromatic carbocycles. The fraction of sp³-hybridized carbons (Fsp3) is 0.917. The number of carbonyl (C=O) groups excluding carboxylic acids is 1. The van der Waals surface area contributed by atoms with Crippen molar-refractivity contribution in [3.05, 3.63) is 0 Å². The zero-order chi connectivity index (χ0) is 10.8. The van der Waals surface area contributed by atoms with Crippen LogP contribution in [-0.2, 0) is 9.53 Å². The summed E-state index contributed by atoms with van der Waals surface area (Å²) in [6.45, 7) is 9.60. The molecule has 1 rings (SSSR count). The number of hydrogen-bond acceptors (Lipinski definition) is 2. The van der Waals surface area contributed by atoms with Crippen LogP contribution in [0.1, 0.15) is 47.0 Å². The molecule has 0 spiro atoms. The minimum atomic E-state index is 0.142. The van der Waals surface area contributed by atoms with Crippen molar-refractivity contribution in [3.8, 4) is 0 Å². The smallest absolute Gasteiger partial charge is 0.293 e. The van der Waals surface area contributed by atoms with Gasteiger partial charge in [0.15, 0.2) is 0 Å². The van der Waals surface area contributed by atoms with Crippen LogP contribution in [0.5, 0.6) is 0 Å². The van der Waals surface area contributed by atoms with Crippen molar-refractivity contribution in [1.82, 2.24) is 0 Å². The van der Waals surface area contributed by atoms with Gasteiger partial charge in [-0.05, 0) is 30.6 Å². The molecule has 0 radical (unpaired) electrons. The van der Waals surface area contributed by atoms with E-state index in [0.29, 0.717) is 12.4 Å². The molecule has 0 saturated heterocycles. The lowest BCUT2D eigenvalue weighted by atomic mass is 9.68. The van der Waals surface area contributed by atoms with Crippen molar-refractivity contribution in [2.75, 3.05) is 0 Å². The summed E-state index contributed by atoms with van der Waals surface area (Å²) in [6, 6.07) is 0. The summed E-state index contributed by atoms with van der Waals surface area (Å²) in [5.41, 5.74) is 0.238. The van der Waals surface area contributed by atoms with Crippen molar-refractivity contribution < 1.29 is 9.53 Å². The van der Waals surface area contributed by atoms with Crippen LogP contribution in [0.3, 0.4) is 0 Å². The molecule has 3 atom stereocenters. The zero-order valence-corrected chi connectivity index (χ0v) is 9.75. The summed E-state index contributed by atoms with van der Waals surface area (Å²) < 4.78 is 5.19. The summed E-state index contributed by atoms with van der Waals surface area (Å²) in [6.07, 6.45) is 3.54. The summed E-state index contributed by atoms with van der Waals surface area (Å²) in [7, 11) is 0. The lowest BCUT2D eigenvalue weighted by Crippen LogP contribution is -2.38. The van der Waals surface area contributed by atoms with Gasteiger partial charge in [0.05, 0.1) is 0 Å². The number of hydrogen-bond donors (Lipinski definition) is 0. The van der Waals surface area contributed by atoms with E-state index in [-0.39, 0.29) is 11.5 Å². The highest BCUT2D eigenvalue weighted by Gasteiger charge is 2.37. The topological polar surface area (TPSA) is 26.3 Å². The fourth-order valence-corrected chi connectivity index (χ4v) is 2.50. The van der Waals surface area contributed by atoms with Crippen LogP contribution < -0.4 is 0 Å². The van der Waals surface area contributed by atoms with Gasteiger partial charge in [-0.2, -0.15) is 0 Å². The van der Waals surface area contributed by atoms with Crippen LogP contribution >= 0.6 is 0 Å². The molecule has 0 bridgehead atoms. The van der Waals surface area contributed by atoms with Crippen molar-refractivity contribution >= 4 is 6.47 Å². The first-order chi connectivity index (χ1) is 6.45.